The van der Waals surface area contributed by atoms with Crippen LogP contribution < -0.4 is 4.90 Å². The molecule has 0 radical (unpaired) electrons. The van der Waals surface area contributed by atoms with Crippen LogP contribution >= 0.6 is 11.3 Å². The summed E-state index contributed by atoms with van der Waals surface area (Å²) in [5.74, 6) is -0.0748. The molecule has 30 heavy (non-hydrogen) atoms. The van der Waals surface area contributed by atoms with Crippen LogP contribution in [0.4, 0.5) is 24.0 Å². The first-order valence-corrected chi connectivity index (χ1v) is 9.60. The van der Waals surface area contributed by atoms with Gasteiger partial charge in [-0.1, -0.05) is 6.07 Å². The van der Waals surface area contributed by atoms with E-state index in [4.69, 9.17) is 9.15 Å². The summed E-state index contributed by atoms with van der Waals surface area (Å²) in [6.07, 6.45) is -4.54. The quantitative estimate of drug-likeness (QED) is 0.498. The van der Waals surface area contributed by atoms with Crippen molar-refractivity contribution in [2.24, 2.45) is 0 Å². The van der Waals surface area contributed by atoms with Crippen molar-refractivity contribution in [1.29, 1.82) is 0 Å². The van der Waals surface area contributed by atoms with Crippen molar-refractivity contribution in [2.45, 2.75) is 33.6 Å². The number of halogens is 3. The van der Waals surface area contributed by atoms with Crippen molar-refractivity contribution < 1.29 is 31.9 Å². The van der Waals surface area contributed by atoms with E-state index in [2.05, 4.69) is 4.98 Å². The third kappa shape index (κ3) is 4.70. The highest BCUT2D eigenvalue weighted by atomic mass is 32.1. The van der Waals surface area contributed by atoms with Gasteiger partial charge in [0.25, 0.3) is 0 Å². The van der Waals surface area contributed by atoms with E-state index in [0.717, 1.165) is 28.4 Å². The van der Waals surface area contributed by atoms with E-state index in [-0.39, 0.29) is 17.4 Å². The number of furan rings is 1. The fraction of sp³-hybridized carbons (Fsp3) is 0.250. The fourth-order valence-electron chi connectivity index (χ4n) is 2.76. The molecule has 0 saturated heterocycles. The van der Waals surface area contributed by atoms with Gasteiger partial charge in [0.05, 0.1) is 16.9 Å². The van der Waals surface area contributed by atoms with Gasteiger partial charge >= 0.3 is 12.1 Å². The standard InChI is InChI=1S/C20H17F3N2O4S/c1-11-7-17(12(2)29-11)18(27)28-9-15-10-30-19(24-15)25(13(3)26)16-6-4-5-14(8-16)20(21,22)23/h4-8,10H,9H2,1-3H3. The minimum atomic E-state index is -4.54. The summed E-state index contributed by atoms with van der Waals surface area (Å²) in [7, 11) is 0. The maximum atomic E-state index is 13.0. The zero-order chi connectivity index (χ0) is 22.1. The van der Waals surface area contributed by atoms with E-state index in [1.165, 1.54) is 19.1 Å². The number of thiazole rings is 1. The lowest BCUT2D eigenvalue weighted by Crippen LogP contribution is -2.23. The lowest BCUT2D eigenvalue weighted by atomic mass is 10.2. The summed E-state index contributed by atoms with van der Waals surface area (Å²) >= 11 is 1.05. The molecule has 0 bridgehead atoms. The highest BCUT2D eigenvalue weighted by molar-refractivity contribution is 7.14. The fourth-order valence-corrected chi connectivity index (χ4v) is 3.64. The molecule has 1 aromatic carbocycles. The Bertz CT molecular complexity index is 1090. The molecule has 10 heteroatoms. The summed E-state index contributed by atoms with van der Waals surface area (Å²) in [5, 5.41) is 1.74. The zero-order valence-corrected chi connectivity index (χ0v) is 17.1. The van der Waals surface area contributed by atoms with Crippen LogP contribution in [0.5, 0.6) is 0 Å². The minimum Gasteiger partial charge on any atom is -0.466 e. The molecule has 0 unspecified atom stereocenters. The average Bonchev–Trinajstić information content (AvgIpc) is 3.25. The largest absolute Gasteiger partial charge is 0.466 e. The maximum absolute atomic E-state index is 13.0. The first kappa shape index (κ1) is 21.6. The number of aryl methyl sites for hydroxylation is 2. The Morgan fingerprint density at radius 2 is 1.97 bits per heavy atom. The van der Waals surface area contributed by atoms with Gasteiger partial charge in [0.2, 0.25) is 5.91 Å². The first-order valence-electron chi connectivity index (χ1n) is 8.73. The molecule has 0 aliphatic heterocycles. The highest BCUT2D eigenvalue weighted by Gasteiger charge is 2.31. The zero-order valence-electron chi connectivity index (χ0n) is 16.2. The van der Waals surface area contributed by atoms with Crippen LogP contribution in [0.15, 0.2) is 40.1 Å². The number of amides is 1. The van der Waals surface area contributed by atoms with Gasteiger partial charge in [-0.15, -0.1) is 11.3 Å². The lowest BCUT2D eigenvalue weighted by Gasteiger charge is -2.19. The molecule has 0 aliphatic carbocycles. The second-order valence-electron chi connectivity index (χ2n) is 6.43. The predicted octanol–water partition coefficient (Wildman–Crippen LogP) is 5.41. The Labute approximate surface area is 173 Å². The molecule has 0 atom stereocenters. The van der Waals surface area contributed by atoms with Crippen LogP contribution in [0.2, 0.25) is 0 Å². The third-order valence-corrected chi connectivity index (χ3v) is 4.96. The van der Waals surface area contributed by atoms with Gasteiger partial charge < -0.3 is 9.15 Å². The molecule has 1 amide bonds. The van der Waals surface area contributed by atoms with Gasteiger partial charge in [0.1, 0.15) is 23.7 Å². The number of aromatic nitrogens is 1. The van der Waals surface area contributed by atoms with Crippen molar-refractivity contribution in [1.82, 2.24) is 4.98 Å². The molecule has 0 fully saturated rings. The number of carbonyl (C=O) groups is 2. The monoisotopic (exact) mass is 438 g/mol. The van der Waals surface area contributed by atoms with Crippen molar-refractivity contribution in [2.75, 3.05) is 4.90 Å². The lowest BCUT2D eigenvalue weighted by molar-refractivity contribution is -0.137. The van der Waals surface area contributed by atoms with Crippen molar-refractivity contribution in [3.05, 3.63) is 64.1 Å². The SMILES string of the molecule is CC(=O)N(c1cccc(C(F)(F)F)c1)c1nc(COC(=O)c2cc(C)oc2C)cs1. The molecule has 3 rings (SSSR count). The van der Waals surface area contributed by atoms with Gasteiger partial charge in [0, 0.05) is 12.3 Å². The number of anilines is 2. The number of carbonyl (C=O) groups excluding carboxylic acids is 2. The summed E-state index contributed by atoms with van der Waals surface area (Å²) in [5.41, 5.74) is -0.167. The number of rotatable bonds is 5. The van der Waals surface area contributed by atoms with Crippen LogP contribution in [-0.4, -0.2) is 16.9 Å². The molecule has 6 nitrogen and oxygen atoms in total. The number of benzene rings is 1. The predicted molar refractivity (Wildman–Crippen MR) is 104 cm³/mol. The third-order valence-electron chi connectivity index (χ3n) is 4.09. The molecule has 0 aliphatic rings. The number of nitrogens with zero attached hydrogens (tertiary/aromatic N) is 2. The molecule has 2 aromatic heterocycles. The van der Waals surface area contributed by atoms with Crippen molar-refractivity contribution in [3.63, 3.8) is 0 Å². The molecular formula is C20H17F3N2O4S. The molecule has 2 heterocycles. The first-order chi connectivity index (χ1) is 14.1. The van der Waals surface area contributed by atoms with Crippen molar-refractivity contribution in [3.8, 4) is 0 Å². The van der Waals surface area contributed by atoms with Crippen LogP contribution in [0.1, 0.15) is 40.1 Å². The number of esters is 1. The van der Waals surface area contributed by atoms with Gasteiger partial charge in [-0.25, -0.2) is 9.78 Å². The van der Waals surface area contributed by atoms with Crippen LogP contribution in [-0.2, 0) is 22.3 Å². The average molecular weight is 438 g/mol. The Kier molecular flexibility index (Phi) is 5.97. The number of hydrogen-bond acceptors (Lipinski definition) is 6. The minimum absolute atomic E-state index is 0.0414. The molecule has 0 saturated carbocycles. The number of alkyl halides is 3. The Balaban J connectivity index is 1.78. The van der Waals surface area contributed by atoms with E-state index in [0.29, 0.717) is 22.8 Å². The van der Waals surface area contributed by atoms with Gasteiger partial charge in [-0.05, 0) is 38.1 Å². The summed E-state index contributed by atoms with van der Waals surface area (Å²) in [6.45, 7) is 4.42. The highest BCUT2D eigenvalue weighted by Crippen LogP contribution is 2.35. The van der Waals surface area contributed by atoms with Gasteiger partial charge in [-0.3, -0.25) is 9.69 Å². The van der Waals surface area contributed by atoms with E-state index >= 15 is 0 Å². The van der Waals surface area contributed by atoms with Crippen LogP contribution in [0.25, 0.3) is 0 Å². The summed E-state index contributed by atoms with van der Waals surface area (Å²) in [4.78, 5) is 29.6. The topological polar surface area (TPSA) is 72.6 Å². The molecular weight excluding hydrogens is 421 g/mol. The van der Waals surface area contributed by atoms with Gasteiger partial charge in [-0.2, -0.15) is 13.2 Å². The Hall–Kier alpha value is -3.14. The second kappa shape index (κ2) is 8.31. The maximum Gasteiger partial charge on any atom is 0.416 e. The molecule has 158 valence electrons. The van der Waals surface area contributed by atoms with E-state index in [1.807, 2.05) is 0 Å². The van der Waals surface area contributed by atoms with Crippen LogP contribution in [0.3, 0.4) is 0 Å². The van der Waals surface area contributed by atoms with Gasteiger partial charge in [0.15, 0.2) is 5.13 Å². The van der Waals surface area contributed by atoms with Crippen molar-refractivity contribution >= 4 is 34.0 Å². The Morgan fingerprint density at radius 3 is 2.57 bits per heavy atom. The number of hydrogen-bond donors (Lipinski definition) is 0. The summed E-state index contributed by atoms with van der Waals surface area (Å²) in [6, 6.07) is 5.98. The van der Waals surface area contributed by atoms with E-state index in [1.54, 1.807) is 25.3 Å². The second-order valence-corrected chi connectivity index (χ2v) is 7.26. The molecule has 0 spiro atoms. The smallest absolute Gasteiger partial charge is 0.416 e. The van der Waals surface area contributed by atoms with E-state index < -0.39 is 23.6 Å². The Morgan fingerprint density at radius 1 is 1.23 bits per heavy atom. The van der Waals surface area contributed by atoms with E-state index in [9.17, 15) is 22.8 Å². The molecule has 3 aromatic rings. The molecule has 0 N–H and O–H groups in total. The van der Waals surface area contributed by atoms with Crippen LogP contribution in [0, 0.1) is 13.8 Å². The number of ether oxygens (including phenoxy) is 1. The summed E-state index contributed by atoms with van der Waals surface area (Å²) < 4.78 is 49.6. The normalized spacial score (nSPS) is 11.4.